The summed E-state index contributed by atoms with van der Waals surface area (Å²) in [7, 11) is 0. The van der Waals surface area contributed by atoms with Gasteiger partial charge in [0.1, 0.15) is 5.56 Å². The van der Waals surface area contributed by atoms with Gasteiger partial charge in [0.2, 0.25) is 0 Å². The quantitative estimate of drug-likeness (QED) is 0.746. The van der Waals surface area contributed by atoms with Gasteiger partial charge in [0, 0.05) is 6.04 Å². The van der Waals surface area contributed by atoms with Gasteiger partial charge in [0.25, 0.3) is 0 Å². The molecule has 18 heavy (non-hydrogen) atoms. The van der Waals surface area contributed by atoms with Crippen molar-refractivity contribution >= 4 is 5.97 Å². The minimum atomic E-state index is -1.000. The average Bonchev–Trinajstić information content (AvgIpc) is 2.74. The fourth-order valence-electron chi connectivity index (χ4n) is 1.77. The van der Waals surface area contributed by atoms with Crippen molar-refractivity contribution < 1.29 is 14.4 Å². The fourth-order valence-corrected chi connectivity index (χ4v) is 1.77. The van der Waals surface area contributed by atoms with Gasteiger partial charge in [0.15, 0.2) is 5.76 Å². The molecule has 0 bridgehead atoms. The van der Waals surface area contributed by atoms with Crippen molar-refractivity contribution in [3.63, 3.8) is 0 Å². The molecule has 5 nitrogen and oxygen atoms in total. The lowest BCUT2D eigenvalue weighted by Gasteiger charge is -2.13. The van der Waals surface area contributed by atoms with Crippen molar-refractivity contribution in [2.75, 3.05) is 0 Å². The zero-order valence-electron chi connectivity index (χ0n) is 11.3. The van der Waals surface area contributed by atoms with Crippen molar-refractivity contribution in [1.82, 2.24) is 10.5 Å². The first kappa shape index (κ1) is 14.7. The van der Waals surface area contributed by atoms with E-state index in [1.807, 2.05) is 0 Å². The molecule has 2 N–H and O–H groups in total. The topological polar surface area (TPSA) is 75.4 Å². The predicted octanol–water partition coefficient (Wildman–Crippen LogP) is 2.68. The molecule has 0 saturated carbocycles. The smallest absolute Gasteiger partial charge is 0.341 e. The van der Waals surface area contributed by atoms with Crippen LogP contribution in [0.15, 0.2) is 10.7 Å². The van der Waals surface area contributed by atoms with Crippen molar-refractivity contribution in [2.24, 2.45) is 5.92 Å². The van der Waals surface area contributed by atoms with Crippen LogP contribution in [0.25, 0.3) is 0 Å². The van der Waals surface area contributed by atoms with Gasteiger partial charge in [0.05, 0.1) is 12.7 Å². The standard InChI is InChI=1S/C13H22N2O3/c1-9(2)5-4-6-10(3)14-8-12-11(13(16)17)7-15-18-12/h7,9-10,14H,4-6,8H2,1-3H3,(H,16,17). The summed E-state index contributed by atoms with van der Waals surface area (Å²) in [4.78, 5) is 10.8. The summed E-state index contributed by atoms with van der Waals surface area (Å²) in [6.45, 7) is 6.93. The van der Waals surface area contributed by atoms with Crippen LogP contribution in [-0.2, 0) is 6.54 Å². The Morgan fingerprint density at radius 1 is 1.44 bits per heavy atom. The minimum Gasteiger partial charge on any atom is -0.478 e. The molecular formula is C13H22N2O3. The Bertz CT molecular complexity index is 374. The van der Waals surface area contributed by atoms with Crippen molar-refractivity contribution in [1.29, 1.82) is 0 Å². The molecule has 0 radical (unpaired) electrons. The van der Waals surface area contributed by atoms with E-state index in [0.717, 1.165) is 12.3 Å². The molecular weight excluding hydrogens is 232 g/mol. The molecule has 0 fully saturated rings. The molecule has 1 rings (SSSR count). The van der Waals surface area contributed by atoms with Crippen LogP contribution in [0.3, 0.4) is 0 Å². The molecule has 1 aromatic rings. The molecule has 0 aromatic carbocycles. The predicted molar refractivity (Wildman–Crippen MR) is 68.5 cm³/mol. The number of nitrogens with one attached hydrogen (secondary N) is 1. The van der Waals surface area contributed by atoms with Gasteiger partial charge < -0.3 is 14.9 Å². The van der Waals surface area contributed by atoms with E-state index in [0.29, 0.717) is 18.3 Å². The first-order valence-corrected chi connectivity index (χ1v) is 6.41. The third kappa shape index (κ3) is 4.87. The highest BCUT2D eigenvalue weighted by molar-refractivity contribution is 5.88. The Hall–Kier alpha value is -1.36. The molecule has 1 unspecified atom stereocenters. The maximum atomic E-state index is 10.8. The molecule has 0 saturated heterocycles. The summed E-state index contributed by atoms with van der Waals surface area (Å²) in [5, 5.41) is 15.7. The number of aromatic carboxylic acids is 1. The Balaban J connectivity index is 2.31. The van der Waals surface area contributed by atoms with Crippen LogP contribution >= 0.6 is 0 Å². The largest absolute Gasteiger partial charge is 0.478 e. The summed E-state index contributed by atoms with van der Waals surface area (Å²) >= 11 is 0. The van der Waals surface area contributed by atoms with E-state index >= 15 is 0 Å². The van der Waals surface area contributed by atoms with Crippen LogP contribution in [0.1, 0.15) is 56.2 Å². The van der Waals surface area contributed by atoms with Gasteiger partial charge in [-0.3, -0.25) is 0 Å². The summed E-state index contributed by atoms with van der Waals surface area (Å²) < 4.78 is 4.93. The second-order valence-corrected chi connectivity index (χ2v) is 5.07. The van der Waals surface area contributed by atoms with Gasteiger partial charge in [-0.1, -0.05) is 31.8 Å². The molecule has 0 amide bonds. The van der Waals surface area contributed by atoms with E-state index < -0.39 is 5.97 Å². The van der Waals surface area contributed by atoms with E-state index in [1.54, 1.807) is 0 Å². The first-order chi connectivity index (χ1) is 8.50. The van der Waals surface area contributed by atoms with E-state index in [2.05, 4.69) is 31.2 Å². The van der Waals surface area contributed by atoms with Crippen LogP contribution in [0, 0.1) is 5.92 Å². The molecule has 0 aliphatic rings. The number of hydrogen-bond donors (Lipinski definition) is 2. The first-order valence-electron chi connectivity index (χ1n) is 6.41. The molecule has 5 heteroatoms. The van der Waals surface area contributed by atoms with Crippen molar-refractivity contribution in [3.05, 3.63) is 17.5 Å². The number of carboxylic acids is 1. The fraction of sp³-hybridized carbons (Fsp3) is 0.692. The maximum Gasteiger partial charge on any atom is 0.341 e. The number of carbonyl (C=O) groups is 1. The van der Waals surface area contributed by atoms with Crippen molar-refractivity contribution in [2.45, 2.75) is 52.6 Å². The number of rotatable bonds is 8. The maximum absolute atomic E-state index is 10.8. The lowest BCUT2D eigenvalue weighted by Crippen LogP contribution is -2.26. The van der Waals surface area contributed by atoms with Gasteiger partial charge in [-0.05, 0) is 19.3 Å². The Morgan fingerprint density at radius 3 is 2.78 bits per heavy atom. The highest BCUT2D eigenvalue weighted by Crippen LogP contribution is 2.10. The van der Waals surface area contributed by atoms with Gasteiger partial charge in [-0.2, -0.15) is 0 Å². The zero-order chi connectivity index (χ0) is 13.5. The Morgan fingerprint density at radius 2 is 2.17 bits per heavy atom. The average molecular weight is 254 g/mol. The zero-order valence-corrected chi connectivity index (χ0v) is 11.3. The highest BCUT2D eigenvalue weighted by Gasteiger charge is 2.15. The Labute approximate surface area is 108 Å². The summed E-state index contributed by atoms with van der Waals surface area (Å²) in [5.74, 6) is 0.115. The van der Waals surface area contributed by atoms with Crippen LogP contribution in [0.2, 0.25) is 0 Å². The number of aromatic nitrogens is 1. The number of carboxylic acid groups (broad SMARTS) is 1. The summed E-state index contributed by atoms with van der Waals surface area (Å²) in [6, 6.07) is 0.343. The van der Waals surface area contributed by atoms with Gasteiger partial charge >= 0.3 is 5.97 Å². The SMILES string of the molecule is CC(C)CCCC(C)NCc1oncc1C(=O)O. The molecule has 102 valence electrons. The van der Waals surface area contributed by atoms with E-state index in [1.165, 1.54) is 19.0 Å². The lowest BCUT2D eigenvalue weighted by molar-refractivity contribution is 0.0694. The van der Waals surface area contributed by atoms with Crippen LogP contribution in [0.5, 0.6) is 0 Å². The molecule has 0 aliphatic heterocycles. The minimum absolute atomic E-state index is 0.136. The van der Waals surface area contributed by atoms with Gasteiger partial charge in [-0.15, -0.1) is 0 Å². The summed E-state index contributed by atoms with van der Waals surface area (Å²) in [6.07, 6.45) is 4.71. The third-order valence-electron chi connectivity index (χ3n) is 2.91. The highest BCUT2D eigenvalue weighted by atomic mass is 16.5. The second-order valence-electron chi connectivity index (χ2n) is 5.07. The van der Waals surface area contributed by atoms with E-state index in [4.69, 9.17) is 9.63 Å². The second kappa shape index (κ2) is 7.16. The lowest BCUT2D eigenvalue weighted by atomic mass is 10.0. The van der Waals surface area contributed by atoms with Crippen LogP contribution in [-0.4, -0.2) is 22.3 Å². The molecule has 1 heterocycles. The normalized spacial score (nSPS) is 12.9. The molecule has 0 spiro atoms. The van der Waals surface area contributed by atoms with Crippen molar-refractivity contribution in [3.8, 4) is 0 Å². The summed E-state index contributed by atoms with van der Waals surface area (Å²) in [5.41, 5.74) is 0.136. The monoisotopic (exact) mass is 254 g/mol. The van der Waals surface area contributed by atoms with Gasteiger partial charge in [-0.25, -0.2) is 4.79 Å². The van der Waals surface area contributed by atoms with E-state index in [-0.39, 0.29) is 5.56 Å². The van der Waals surface area contributed by atoms with Crippen LogP contribution < -0.4 is 5.32 Å². The van der Waals surface area contributed by atoms with E-state index in [9.17, 15) is 4.79 Å². The Kier molecular flexibility index (Phi) is 5.85. The molecule has 1 aromatic heterocycles. The number of hydrogen-bond acceptors (Lipinski definition) is 4. The number of nitrogens with zero attached hydrogens (tertiary/aromatic N) is 1. The molecule has 1 atom stereocenters. The molecule has 0 aliphatic carbocycles. The third-order valence-corrected chi connectivity index (χ3v) is 2.91. The van der Waals surface area contributed by atoms with Crippen LogP contribution in [0.4, 0.5) is 0 Å².